The number of hydrogen-bond donors (Lipinski definition) is 1. The SMILES string of the molecule is CCCOc1cccc(C(NC)C2CCS(=O)(=O)C2)c1. The molecular formula is C15H23NO3S. The molecule has 1 aromatic rings. The molecule has 1 aliphatic heterocycles. The van der Waals surface area contributed by atoms with Gasteiger partial charge in [0, 0.05) is 6.04 Å². The van der Waals surface area contributed by atoms with Crippen LogP contribution in [0.25, 0.3) is 0 Å². The maximum atomic E-state index is 11.6. The Labute approximate surface area is 121 Å². The first-order valence-corrected chi connectivity index (χ1v) is 8.98. The highest BCUT2D eigenvalue weighted by atomic mass is 32.2. The molecule has 112 valence electrons. The lowest BCUT2D eigenvalue weighted by atomic mass is 9.92. The van der Waals surface area contributed by atoms with E-state index in [1.165, 1.54) is 0 Å². The Balaban J connectivity index is 2.15. The van der Waals surface area contributed by atoms with E-state index in [-0.39, 0.29) is 17.7 Å². The topological polar surface area (TPSA) is 55.4 Å². The van der Waals surface area contributed by atoms with Crippen LogP contribution in [-0.4, -0.2) is 33.6 Å². The van der Waals surface area contributed by atoms with Gasteiger partial charge in [-0.1, -0.05) is 19.1 Å². The van der Waals surface area contributed by atoms with Crippen molar-refractivity contribution < 1.29 is 13.2 Å². The lowest BCUT2D eigenvalue weighted by molar-refractivity contribution is 0.316. The van der Waals surface area contributed by atoms with Crippen molar-refractivity contribution in [3.8, 4) is 5.75 Å². The van der Waals surface area contributed by atoms with Gasteiger partial charge in [-0.25, -0.2) is 8.42 Å². The van der Waals surface area contributed by atoms with Crippen LogP contribution in [0, 0.1) is 5.92 Å². The van der Waals surface area contributed by atoms with E-state index in [2.05, 4.69) is 12.2 Å². The largest absolute Gasteiger partial charge is 0.494 e. The second kappa shape index (κ2) is 6.59. The summed E-state index contributed by atoms with van der Waals surface area (Å²) in [7, 11) is -0.970. The van der Waals surface area contributed by atoms with E-state index in [0.29, 0.717) is 12.4 Å². The highest BCUT2D eigenvalue weighted by Crippen LogP contribution is 2.32. The molecule has 1 N–H and O–H groups in total. The summed E-state index contributed by atoms with van der Waals surface area (Å²) in [6.45, 7) is 2.77. The molecule has 0 radical (unpaired) electrons. The minimum absolute atomic E-state index is 0.0671. The average Bonchev–Trinajstić information content (AvgIpc) is 2.78. The number of nitrogens with one attached hydrogen (secondary N) is 1. The van der Waals surface area contributed by atoms with Crippen molar-refractivity contribution in [3.63, 3.8) is 0 Å². The van der Waals surface area contributed by atoms with Crippen LogP contribution in [0.3, 0.4) is 0 Å². The summed E-state index contributed by atoms with van der Waals surface area (Å²) >= 11 is 0. The molecule has 1 saturated heterocycles. The maximum absolute atomic E-state index is 11.6. The molecule has 1 aliphatic rings. The van der Waals surface area contributed by atoms with E-state index in [1.54, 1.807) is 0 Å². The van der Waals surface area contributed by atoms with Crippen molar-refractivity contribution in [1.82, 2.24) is 5.32 Å². The monoisotopic (exact) mass is 297 g/mol. The summed E-state index contributed by atoms with van der Waals surface area (Å²) in [5, 5.41) is 3.26. The predicted octanol–water partition coefficient (Wildman–Crippen LogP) is 2.17. The highest BCUT2D eigenvalue weighted by Gasteiger charge is 2.33. The zero-order valence-electron chi connectivity index (χ0n) is 12.1. The highest BCUT2D eigenvalue weighted by molar-refractivity contribution is 7.91. The number of benzene rings is 1. The van der Waals surface area contributed by atoms with Crippen molar-refractivity contribution in [3.05, 3.63) is 29.8 Å². The fourth-order valence-electron chi connectivity index (χ4n) is 2.78. The lowest BCUT2D eigenvalue weighted by Gasteiger charge is -2.23. The lowest BCUT2D eigenvalue weighted by Crippen LogP contribution is -2.26. The number of rotatable bonds is 6. The van der Waals surface area contributed by atoms with Crippen LogP contribution in [-0.2, 0) is 9.84 Å². The van der Waals surface area contributed by atoms with Gasteiger partial charge in [0.05, 0.1) is 18.1 Å². The molecule has 4 nitrogen and oxygen atoms in total. The van der Waals surface area contributed by atoms with E-state index in [1.807, 2.05) is 31.3 Å². The molecule has 0 aliphatic carbocycles. The van der Waals surface area contributed by atoms with Gasteiger partial charge in [0.15, 0.2) is 9.84 Å². The van der Waals surface area contributed by atoms with Crippen LogP contribution in [0.2, 0.25) is 0 Å². The van der Waals surface area contributed by atoms with Crippen molar-refractivity contribution in [2.24, 2.45) is 5.92 Å². The summed E-state index contributed by atoms with van der Waals surface area (Å²) in [5.74, 6) is 1.58. The molecule has 2 rings (SSSR count). The van der Waals surface area contributed by atoms with Crippen molar-refractivity contribution >= 4 is 9.84 Å². The second-order valence-corrected chi connectivity index (χ2v) is 7.58. The third-order valence-electron chi connectivity index (χ3n) is 3.74. The Bertz CT molecular complexity index is 542. The minimum atomic E-state index is -2.85. The zero-order valence-corrected chi connectivity index (χ0v) is 12.9. The van der Waals surface area contributed by atoms with Crippen molar-refractivity contribution in [1.29, 1.82) is 0 Å². The maximum Gasteiger partial charge on any atom is 0.150 e. The fraction of sp³-hybridized carbons (Fsp3) is 0.600. The Morgan fingerprint density at radius 2 is 2.25 bits per heavy atom. The molecule has 1 aromatic carbocycles. The summed E-state index contributed by atoms with van der Waals surface area (Å²) in [6, 6.07) is 8.02. The fourth-order valence-corrected chi connectivity index (χ4v) is 4.62. The van der Waals surface area contributed by atoms with Crippen LogP contribution in [0.15, 0.2) is 24.3 Å². The first-order valence-electron chi connectivity index (χ1n) is 7.16. The molecule has 0 amide bonds. The summed E-state index contributed by atoms with van der Waals surface area (Å²) in [6.07, 6.45) is 1.70. The van der Waals surface area contributed by atoms with Gasteiger partial charge >= 0.3 is 0 Å². The van der Waals surface area contributed by atoms with Gasteiger partial charge in [0.1, 0.15) is 5.75 Å². The van der Waals surface area contributed by atoms with E-state index in [0.717, 1.165) is 24.2 Å². The standard InChI is InChI=1S/C15H23NO3S/c1-3-8-19-14-6-4-5-12(10-14)15(16-2)13-7-9-20(17,18)11-13/h4-6,10,13,15-16H,3,7-9,11H2,1-2H3. The van der Waals surface area contributed by atoms with Crippen molar-refractivity contribution in [2.75, 3.05) is 25.2 Å². The quantitative estimate of drug-likeness (QED) is 0.874. The van der Waals surface area contributed by atoms with Crippen LogP contribution in [0.4, 0.5) is 0 Å². The molecule has 0 spiro atoms. The normalized spacial score (nSPS) is 22.6. The van der Waals surface area contributed by atoms with Gasteiger partial charge in [-0.3, -0.25) is 0 Å². The van der Waals surface area contributed by atoms with E-state index < -0.39 is 9.84 Å². The molecular weight excluding hydrogens is 274 g/mol. The predicted molar refractivity (Wildman–Crippen MR) is 80.8 cm³/mol. The summed E-state index contributed by atoms with van der Waals surface area (Å²) < 4.78 is 28.9. The Kier molecular flexibility index (Phi) is 5.05. The zero-order chi connectivity index (χ0) is 14.6. The van der Waals surface area contributed by atoms with Gasteiger partial charge in [-0.05, 0) is 43.5 Å². The Hall–Kier alpha value is -1.07. The van der Waals surface area contributed by atoms with Gasteiger partial charge in [0.25, 0.3) is 0 Å². The third kappa shape index (κ3) is 3.73. The van der Waals surface area contributed by atoms with Gasteiger partial charge in [-0.2, -0.15) is 0 Å². The summed E-state index contributed by atoms with van der Waals surface area (Å²) in [4.78, 5) is 0. The van der Waals surface area contributed by atoms with Crippen LogP contribution in [0.1, 0.15) is 31.4 Å². The minimum Gasteiger partial charge on any atom is -0.494 e. The van der Waals surface area contributed by atoms with E-state index in [9.17, 15) is 8.42 Å². The molecule has 5 heteroatoms. The van der Waals surface area contributed by atoms with E-state index in [4.69, 9.17) is 4.74 Å². The molecule has 0 saturated carbocycles. The molecule has 2 unspecified atom stereocenters. The van der Waals surface area contributed by atoms with Crippen molar-refractivity contribution in [2.45, 2.75) is 25.8 Å². The van der Waals surface area contributed by atoms with E-state index >= 15 is 0 Å². The second-order valence-electron chi connectivity index (χ2n) is 5.35. The van der Waals surface area contributed by atoms with Crippen LogP contribution < -0.4 is 10.1 Å². The molecule has 20 heavy (non-hydrogen) atoms. The van der Waals surface area contributed by atoms with Gasteiger partial charge in [-0.15, -0.1) is 0 Å². The Morgan fingerprint density at radius 1 is 1.45 bits per heavy atom. The van der Waals surface area contributed by atoms with Crippen LogP contribution >= 0.6 is 0 Å². The first-order chi connectivity index (χ1) is 9.55. The average molecular weight is 297 g/mol. The summed E-state index contributed by atoms with van der Waals surface area (Å²) in [5.41, 5.74) is 1.10. The molecule has 0 bridgehead atoms. The van der Waals surface area contributed by atoms with Crippen LogP contribution in [0.5, 0.6) is 5.75 Å². The number of sulfone groups is 1. The smallest absolute Gasteiger partial charge is 0.150 e. The molecule has 1 fully saturated rings. The number of hydrogen-bond acceptors (Lipinski definition) is 4. The third-order valence-corrected chi connectivity index (χ3v) is 5.53. The molecule has 2 atom stereocenters. The number of ether oxygens (including phenoxy) is 1. The first kappa shape index (κ1) is 15.3. The van der Waals surface area contributed by atoms with Gasteiger partial charge in [0.2, 0.25) is 0 Å². The molecule has 0 aromatic heterocycles. The Morgan fingerprint density at radius 3 is 2.85 bits per heavy atom. The van der Waals surface area contributed by atoms with Gasteiger partial charge < -0.3 is 10.1 Å². The molecule has 1 heterocycles.